The molecule has 0 aliphatic carbocycles. The van der Waals surface area contributed by atoms with Crippen molar-refractivity contribution in [2.75, 3.05) is 13.2 Å². The second-order valence-electron chi connectivity index (χ2n) is 5.10. The van der Waals surface area contributed by atoms with E-state index in [9.17, 15) is 12.8 Å². The van der Waals surface area contributed by atoms with E-state index in [0.29, 0.717) is 6.61 Å². The van der Waals surface area contributed by atoms with Crippen LogP contribution in [0.15, 0.2) is 17.0 Å². The van der Waals surface area contributed by atoms with Crippen LogP contribution in [0.2, 0.25) is 5.02 Å². The molecule has 21 heavy (non-hydrogen) atoms. The smallest absolute Gasteiger partial charge is 0.240 e. The zero-order valence-corrected chi connectivity index (χ0v) is 13.8. The van der Waals surface area contributed by atoms with Crippen molar-refractivity contribution in [2.45, 2.75) is 37.8 Å². The number of ether oxygens (including phenoxy) is 1. The monoisotopic (exact) mass is 338 g/mol. The van der Waals surface area contributed by atoms with E-state index in [4.69, 9.17) is 22.1 Å². The fourth-order valence-electron chi connectivity index (χ4n) is 1.72. The van der Waals surface area contributed by atoms with Crippen LogP contribution in [0.1, 0.15) is 26.3 Å². The van der Waals surface area contributed by atoms with Crippen LogP contribution < -0.4 is 10.5 Å². The number of rotatable bonds is 7. The molecule has 0 radical (unpaired) electrons. The maximum atomic E-state index is 13.6. The lowest BCUT2D eigenvalue weighted by Gasteiger charge is -2.24. The average Bonchev–Trinajstić information content (AvgIpc) is 2.39. The molecule has 0 bridgehead atoms. The Kier molecular flexibility index (Phi) is 6.12. The third-order valence-electron chi connectivity index (χ3n) is 2.83. The van der Waals surface area contributed by atoms with Crippen molar-refractivity contribution in [2.24, 2.45) is 5.73 Å². The van der Waals surface area contributed by atoms with E-state index >= 15 is 0 Å². The molecule has 1 rings (SSSR count). The van der Waals surface area contributed by atoms with E-state index in [0.717, 1.165) is 6.07 Å². The highest BCUT2D eigenvalue weighted by molar-refractivity contribution is 7.89. The Morgan fingerprint density at radius 3 is 2.57 bits per heavy atom. The second-order valence-corrected chi connectivity index (χ2v) is 7.24. The number of hydrogen-bond acceptors (Lipinski definition) is 4. The molecule has 8 heteroatoms. The van der Waals surface area contributed by atoms with Gasteiger partial charge < -0.3 is 10.5 Å². The summed E-state index contributed by atoms with van der Waals surface area (Å²) in [6.45, 7) is 5.80. The molecule has 0 heterocycles. The van der Waals surface area contributed by atoms with Crippen molar-refractivity contribution in [3.8, 4) is 0 Å². The Balaban J connectivity index is 3.01. The van der Waals surface area contributed by atoms with Gasteiger partial charge >= 0.3 is 0 Å². The van der Waals surface area contributed by atoms with Crippen LogP contribution in [-0.4, -0.2) is 27.2 Å². The van der Waals surface area contributed by atoms with Crippen molar-refractivity contribution in [1.29, 1.82) is 0 Å². The maximum absolute atomic E-state index is 13.6. The van der Waals surface area contributed by atoms with Crippen LogP contribution >= 0.6 is 11.6 Å². The molecule has 0 unspecified atom stereocenters. The summed E-state index contributed by atoms with van der Waals surface area (Å²) in [5, 5.41) is -0.161. The van der Waals surface area contributed by atoms with Gasteiger partial charge in [0.1, 0.15) is 5.82 Å². The normalized spacial score (nSPS) is 12.7. The van der Waals surface area contributed by atoms with Gasteiger partial charge in [0.2, 0.25) is 10.0 Å². The predicted molar refractivity (Wildman–Crippen MR) is 80.2 cm³/mol. The lowest BCUT2D eigenvalue weighted by Crippen LogP contribution is -2.40. The molecule has 0 atom stereocenters. The highest BCUT2D eigenvalue weighted by Gasteiger charge is 2.24. The molecule has 0 aliphatic rings. The molecule has 0 spiro atoms. The Labute approximate surface area is 129 Å². The van der Waals surface area contributed by atoms with E-state index in [2.05, 4.69) is 4.72 Å². The summed E-state index contributed by atoms with van der Waals surface area (Å²) in [5.74, 6) is -0.816. The first-order valence-corrected chi connectivity index (χ1v) is 8.30. The van der Waals surface area contributed by atoms with Crippen molar-refractivity contribution in [1.82, 2.24) is 4.72 Å². The van der Waals surface area contributed by atoms with Gasteiger partial charge in [-0.05, 0) is 38.5 Å². The van der Waals surface area contributed by atoms with Gasteiger partial charge in [0, 0.05) is 19.7 Å². The first kappa shape index (κ1) is 18.3. The van der Waals surface area contributed by atoms with Crippen molar-refractivity contribution < 1.29 is 17.5 Å². The van der Waals surface area contributed by atoms with Gasteiger partial charge in [-0.25, -0.2) is 17.5 Å². The SMILES string of the molecule is CCOC(C)(C)CNS(=O)(=O)c1cc(F)c(Cl)c(CN)c1. The second kappa shape index (κ2) is 7.02. The van der Waals surface area contributed by atoms with Gasteiger partial charge in [-0.3, -0.25) is 0 Å². The predicted octanol–water partition coefficient (Wildman–Crippen LogP) is 2.03. The number of nitrogens with one attached hydrogen (secondary N) is 1. The largest absolute Gasteiger partial charge is 0.375 e. The molecule has 120 valence electrons. The summed E-state index contributed by atoms with van der Waals surface area (Å²) in [5.41, 5.74) is 5.00. The number of sulfonamides is 1. The molecule has 0 saturated carbocycles. The minimum Gasteiger partial charge on any atom is -0.375 e. The van der Waals surface area contributed by atoms with Crippen LogP contribution in [0.4, 0.5) is 4.39 Å². The van der Waals surface area contributed by atoms with Gasteiger partial charge in [-0.2, -0.15) is 0 Å². The van der Waals surface area contributed by atoms with Gasteiger partial charge in [0.15, 0.2) is 0 Å². The molecule has 0 aromatic heterocycles. The third-order valence-corrected chi connectivity index (χ3v) is 4.63. The molecule has 1 aromatic rings. The quantitative estimate of drug-likeness (QED) is 0.797. The van der Waals surface area contributed by atoms with Gasteiger partial charge in [0.05, 0.1) is 15.5 Å². The molecular formula is C13H20ClFN2O3S. The highest BCUT2D eigenvalue weighted by atomic mass is 35.5. The Morgan fingerprint density at radius 1 is 1.43 bits per heavy atom. The van der Waals surface area contributed by atoms with E-state index in [1.54, 1.807) is 13.8 Å². The number of benzene rings is 1. The van der Waals surface area contributed by atoms with Crippen molar-refractivity contribution in [3.63, 3.8) is 0 Å². The minimum atomic E-state index is -3.87. The molecule has 3 N–H and O–H groups in total. The van der Waals surface area contributed by atoms with Crippen molar-refractivity contribution >= 4 is 21.6 Å². The zero-order valence-electron chi connectivity index (χ0n) is 12.2. The van der Waals surface area contributed by atoms with Gasteiger partial charge in [0.25, 0.3) is 0 Å². The fourth-order valence-corrected chi connectivity index (χ4v) is 3.16. The van der Waals surface area contributed by atoms with Crippen LogP contribution in [-0.2, 0) is 21.3 Å². The topological polar surface area (TPSA) is 81.4 Å². The summed E-state index contributed by atoms with van der Waals surface area (Å²) in [4.78, 5) is -0.211. The molecule has 5 nitrogen and oxygen atoms in total. The van der Waals surface area contributed by atoms with Crippen LogP contribution in [0, 0.1) is 5.82 Å². The summed E-state index contributed by atoms with van der Waals surface area (Å²) >= 11 is 5.72. The zero-order chi connectivity index (χ0) is 16.3. The highest BCUT2D eigenvalue weighted by Crippen LogP contribution is 2.24. The van der Waals surface area contributed by atoms with Crippen molar-refractivity contribution in [3.05, 3.63) is 28.5 Å². The number of hydrogen-bond donors (Lipinski definition) is 2. The van der Waals surface area contributed by atoms with Crippen LogP contribution in [0.25, 0.3) is 0 Å². The standard InChI is InChI=1S/C13H20ClFN2O3S/c1-4-20-13(2,3)8-17-21(18,19)10-5-9(7-16)12(14)11(15)6-10/h5-6,17H,4,7-8,16H2,1-3H3. The van der Waals surface area contributed by atoms with E-state index in [-0.39, 0.29) is 28.6 Å². The fraction of sp³-hybridized carbons (Fsp3) is 0.538. The summed E-state index contributed by atoms with van der Waals surface area (Å²) in [6.07, 6.45) is 0. The first-order valence-electron chi connectivity index (χ1n) is 6.44. The van der Waals surface area contributed by atoms with E-state index < -0.39 is 21.4 Å². The Morgan fingerprint density at radius 2 is 2.05 bits per heavy atom. The molecule has 1 aromatic carbocycles. The lowest BCUT2D eigenvalue weighted by atomic mass is 10.1. The maximum Gasteiger partial charge on any atom is 0.240 e. The van der Waals surface area contributed by atoms with Gasteiger partial charge in [-0.15, -0.1) is 0 Å². The van der Waals surface area contributed by atoms with E-state index in [1.807, 2.05) is 6.92 Å². The summed E-state index contributed by atoms with van der Waals surface area (Å²) < 4.78 is 45.8. The molecule has 0 fully saturated rings. The Hall–Kier alpha value is -0.730. The summed E-state index contributed by atoms with van der Waals surface area (Å²) in [6, 6.07) is 2.14. The van der Waals surface area contributed by atoms with Gasteiger partial charge in [-0.1, -0.05) is 11.6 Å². The third kappa shape index (κ3) is 4.89. The number of halogens is 2. The van der Waals surface area contributed by atoms with E-state index in [1.165, 1.54) is 6.07 Å². The lowest BCUT2D eigenvalue weighted by molar-refractivity contribution is -0.00515. The number of nitrogens with two attached hydrogens (primary N) is 1. The van der Waals surface area contributed by atoms with Crippen LogP contribution in [0.3, 0.4) is 0 Å². The minimum absolute atomic E-state index is 0.0520. The molecular weight excluding hydrogens is 319 g/mol. The molecule has 0 amide bonds. The molecule has 0 saturated heterocycles. The molecule has 0 aliphatic heterocycles. The average molecular weight is 339 g/mol. The summed E-state index contributed by atoms with van der Waals surface area (Å²) in [7, 11) is -3.87. The first-order chi connectivity index (χ1) is 9.63. The Bertz CT molecular complexity index is 606. The van der Waals surface area contributed by atoms with Crippen LogP contribution in [0.5, 0.6) is 0 Å².